The Kier molecular flexibility index (Phi) is 5.22. The maximum absolute atomic E-state index is 12.8. The van der Waals surface area contributed by atoms with Crippen LogP contribution in [0.25, 0.3) is 0 Å². The summed E-state index contributed by atoms with van der Waals surface area (Å²) in [7, 11) is -4.47. The molecule has 8 heteroatoms. The topological polar surface area (TPSA) is 38.7 Å². The Morgan fingerprint density at radius 1 is 1.21 bits per heavy atom. The van der Waals surface area contributed by atoms with Crippen molar-refractivity contribution in [2.45, 2.75) is 25.9 Å². The highest BCUT2D eigenvalue weighted by molar-refractivity contribution is 7.61. The molecule has 1 atom stereocenters. The molecule has 0 saturated heterocycles. The van der Waals surface area contributed by atoms with Crippen LogP contribution in [-0.4, -0.2) is 30.2 Å². The van der Waals surface area contributed by atoms with Gasteiger partial charge < -0.3 is 0 Å². The zero-order valence-electron chi connectivity index (χ0n) is 7.71. The molecular weight excluding hydrogens is 227 g/mol. The molecule has 0 bridgehead atoms. The van der Waals surface area contributed by atoms with Crippen LogP contribution in [0.2, 0.25) is 0 Å². The van der Waals surface area contributed by atoms with E-state index in [0.717, 1.165) is 0 Å². The van der Waals surface area contributed by atoms with Gasteiger partial charge in [0.15, 0.2) is 0 Å². The van der Waals surface area contributed by atoms with Crippen molar-refractivity contribution in [2.24, 2.45) is 0 Å². The molecule has 0 amide bonds. The summed E-state index contributed by atoms with van der Waals surface area (Å²) >= 11 is 0. The SMILES string of the molecule is CCO[P+](O)(OCC)C(F)C(F)(F)F. The van der Waals surface area contributed by atoms with E-state index in [9.17, 15) is 22.5 Å². The fourth-order valence-electron chi connectivity index (χ4n) is 0.723. The van der Waals surface area contributed by atoms with Crippen LogP contribution in [0.15, 0.2) is 0 Å². The summed E-state index contributed by atoms with van der Waals surface area (Å²) in [6.45, 7) is 2.18. The lowest BCUT2D eigenvalue weighted by atomic mass is 10.7. The first-order valence-corrected chi connectivity index (χ1v) is 5.54. The van der Waals surface area contributed by atoms with Crippen molar-refractivity contribution in [3.05, 3.63) is 0 Å². The van der Waals surface area contributed by atoms with E-state index in [-0.39, 0.29) is 13.2 Å². The van der Waals surface area contributed by atoms with Gasteiger partial charge in [0.05, 0.1) is 13.2 Å². The van der Waals surface area contributed by atoms with Crippen LogP contribution >= 0.6 is 7.94 Å². The van der Waals surface area contributed by atoms with E-state index in [4.69, 9.17) is 0 Å². The van der Waals surface area contributed by atoms with Gasteiger partial charge in [0.1, 0.15) is 0 Å². The summed E-state index contributed by atoms with van der Waals surface area (Å²) in [6, 6.07) is 0. The first-order valence-electron chi connectivity index (χ1n) is 3.89. The third-order valence-electron chi connectivity index (χ3n) is 1.18. The lowest BCUT2D eigenvalue weighted by Gasteiger charge is -2.20. The number of hydrogen-bond acceptors (Lipinski definition) is 3. The van der Waals surface area contributed by atoms with Gasteiger partial charge in [0.25, 0.3) is 0 Å². The fourth-order valence-corrected chi connectivity index (χ4v) is 2.17. The lowest BCUT2D eigenvalue weighted by molar-refractivity contribution is -0.164. The molecule has 0 saturated carbocycles. The van der Waals surface area contributed by atoms with Crippen molar-refractivity contribution in [1.82, 2.24) is 0 Å². The van der Waals surface area contributed by atoms with Gasteiger partial charge >= 0.3 is 20.0 Å². The molecule has 0 heterocycles. The molecule has 0 aliphatic carbocycles. The number of rotatable bonds is 5. The molecule has 14 heavy (non-hydrogen) atoms. The van der Waals surface area contributed by atoms with Crippen molar-refractivity contribution >= 4 is 7.94 Å². The molecule has 0 radical (unpaired) electrons. The third-order valence-corrected chi connectivity index (χ3v) is 3.31. The van der Waals surface area contributed by atoms with E-state index in [1.54, 1.807) is 0 Å². The van der Waals surface area contributed by atoms with Crippen LogP contribution < -0.4 is 0 Å². The molecule has 0 spiro atoms. The Morgan fingerprint density at radius 3 is 1.79 bits per heavy atom. The smallest absolute Gasteiger partial charge is 0.190 e. The molecule has 0 aromatic rings. The molecular formula is C6H12F4O3P+. The highest BCUT2D eigenvalue weighted by Gasteiger charge is 2.65. The summed E-state index contributed by atoms with van der Waals surface area (Å²) in [5.41, 5.74) is 0. The van der Waals surface area contributed by atoms with Crippen molar-refractivity contribution in [3.8, 4) is 0 Å². The van der Waals surface area contributed by atoms with Gasteiger partial charge in [-0.05, 0) is 13.8 Å². The van der Waals surface area contributed by atoms with Gasteiger partial charge in [-0.25, -0.2) is 0 Å². The largest absolute Gasteiger partial charge is 0.464 e. The van der Waals surface area contributed by atoms with Gasteiger partial charge in [-0.3, -0.25) is 0 Å². The van der Waals surface area contributed by atoms with Crippen molar-refractivity contribution in [3.63, 3.8) is 0 Å². The van der Waals surface area contributed by atoms with Crippen molar-refractivity contribution < 1.29 is 31.5 Å². The minimum Gasteiger partial charge on any atom is -0.190 e. The summed E-state index contributed by atoms with van der Waals surface area (Å²) < 4.78 is 57.1. The highest BCUT2D eigenvalue weighted by atomic mass is 31.2. The van der Waals surface area contributed by atoms with Gasteiger partial charge in [0.2, 0.25) is 0 Å². The van der Waals surface area contributed by atoms with Gasteiger partial charge in [0, 0.05) is 0 Å². The second-order valence-corrected chi connectivity index (χ2v) is 4.38. The molecule has 1 unspecified atom stereocenters. The van der Waals surface area contributed by atoms with Crippen LogP contribution in [0.5, 0.6) is 0 Å². The zero-order chi connectivity index (χ0) is 11.4. The van der Waals surface area contributed by atoms with E-state index in [1.165, 1.54) is 13.8 Å². The maximum Gasteiger partial charge on any atom is 0.464 e. The maximum atomic E-state index is 12.8. The molecule has 0 aliphatic heterocycles. The minimum absolute atomic E-state index is 0.249. The quantitative estimate of drug-likeness (QED) is 0.592. The highest BCUT2D eigenvalue weighted by Crippen LogP contribution is 2.65. The van der Waals surface area contributed by atoms with E-state index in [0.29, 0.717) is 0 Å². The average Bonchev–Trinajstić information content (AvgIpc) is 2.02. The molecule has 0 fully saturated rings. The summed E-state index contributed by atoms with van der Waals surface area (Å²) in [5.74, 6) is -3.48. The Balaban J connectivity index is 4.63. The third kappa shape index (κ3) is 3.65. The monoisotopic (exact) mass is 239 g/mol. The summed E-state index contributed by atoms with van der Waals surface area (Å²) in [6.07, 6.45) is -5.17. The normalized spacial score (nSPS) is 15.6. The zero-order valence-corrected chi connectivity index (χ0v) is 8.61. The second-order valence-electron chi connectivity index (χ2n) is 2.28. The van der Waals surface area contributed by atoms with Crippen molar-refractivity contribution in [1.29, 1.82) is 0 Å². The summed E-state index contributed by atoms with van der Waals surface area (Å²) in [5, 5.41) is 0. The van der Waals surface area contributed by atoms with E-state index in [1.807, 2.05) is 0 Å². The first kappa shape index (κ1) is 14.0. The second kappa shape index (κ2) is 5.21. The van der Waals surface area contributed by atoms with E-state index in [2.05, 4.69) is 9.05 Å². The van der Waals surface area contributed by atoms with Gasteiger partial charge in [-0.2, -0.15) is 31.5 Å². The van der Waals surface area contributed by atoms with Crippen molar-refractivity contribution in [2.75, 3.05) is 13.2 Å². The molecule has 0 aliphatic rings. The predicted molar refractivity (Wildman–Crippen MR) is 43.3 cm³/mol. The molecule has 3 nitrogen and oxygen atoms in total. The standard InChI is InChI=1S/C6H12F4O3P/c1-3-12-14(11,13-4-2)5(7)6(8,9)10/h5,11H,3-4H2,1-2H3/q+1. The number of alkyl halides is 4. The molecule has 0 rings (SSSR count). The molecule has 86 valence electrons. The van der Waals surface area contributed by atoms with E-state index >= 15 is 0 Å². The first-order chi connectivity index (χ1) is 6.28. The van der Waals surface area contributed by atoms with Crippen LogP contribution in [0.3, 0.4) is 0 Å². The number of halogens is 4. The van der Waals surface area contributed by atoms with Gasteiger partial charge in [-0.15, -0.1) is 0 Å². The van der Waals surface area contributed by atoms with Gasteiger partial charge in [-0.1, -0.05) is 0 Å². The summed E-state index contributed by atoms with van der Waals surface area (Å²) in [4.78, 5) is 9.19. The van der Waals surface area contributed by atoms with Crippen LogP contribution in [-0.2, 0) is 9.05 Å². The van der Waals surface area contributed by atoms with Crippen LogP contribution in [0.4, 0.5) is 17.6 Å². The Morgan fingerprint density at radius 2 is 1.57 bits per heavy atom. The number of hydrogen-bond donors (Lipinski definition) is 1. The lowest BCUT2D eigenvalue weighted by Crippen LogP contribution is -2.29. The Bertz CT molecular complexity index is 169. The predicted octanol–water partition coefficient (Wildman–Crippen LogP) is 2.67. The Hall–Kier alpha value is 0.0300. The van der Waals surface area contributed by atoms with Crippen LogP contribution in [0.1, 0.15) is 13.8 Å². The minimum atomic E-state index is -5.17. The Labute approximate surface area is 79.6 Å². The molecule has 1 N–H and O–H groups in total. The average molecular weight is 239 g/mol. The van der Waals surface area contributed by atoms with E-state index < -0.39 is 20.0 Å². The fraction of sp³-hybridized carbons (Fsp3) is 1.00. The molecule has 0 aromatic heterocycles. The van der Waals surface area contributed by atoms with Crippen LogP contribution in [0, 0.1) is 0 Å². The molecule has 0 aromatic carbocycles.